The molecule has 20 heavy (non-hydrogen) atoms. The summed E-state index contributed by atoms with van der Waals surface area (Å²) in [6.07, 6.45) is 0.849. The third kappa shape index (κ3) is 2.24. The van der Waals surface area contributed by atoms with Crippen molar-refractivity contribution in [2.24, 2.45) is 0 Å². The molecule has 104 valence electrons. The molecule has 0 aliphatic carbocycles. The molecule has 0 saturated heterocycles. The number of rotatable bonds is 4. The highest BCUT2D eigenvalue weighted by atomic mass is 16.5. The van der Waals surface area contributed by atoms with E-state index < -0.39 is 0 Å². The Bertz CT molecular complexity index is 636. The predicted molar refractivity (Wildman–Crippen MR) is 73.6 cm³/mol. The predicted octanol–water partition coefficient (Wildman–Crippen LogP) is 1.69. The van der Waals surface area contributed by atoms with Gasteiger partial charge in [0.15, 0.2) is 5.82 Å². The maximum absolute atomic E-state index is 11.5. The lowest BCUT2D eigenvalue weighted by atomic mass is 10.2. The second-order valence-corrected chi connectivity index (χ2v) is 4.54. The molecule has 0 spiro atoms. The zero-order valence-electron chi connectivity index (χ0n) is 11.3. The largest absolute Gasteiger partial charge is 0.466 e. The van der Waals surface area contributed by atoms with E-state index in [0.29, 0.717) is 26.0 Å². The third-order valence-corrected chi connectivity index (χ3v) is 3.24. The fourth-order valence-corrected chi connectivity index (χ4v) is 2.35. The van der Waals surface area contributed by atoms with Gasteiger partial charge in [-0.15, -0.1) is 10.2 Å². The summed E-state index contributed by atoms with van der Waals surface area (Å²) in [5, 5.41) is 11.7. The number of nitrogens with one attached hydrogen (secondary N) is 1. The van der Waals surface area contributed by atoms with Crippen LogP contribution in [0.15, 0.2) is 24.3 Å². The van der Waals surface area contributed by atoms with Crippen molar-refractivity contribution in [2.75, 3.05) is 11.9 Å². The Morgan fingerprint density at radius 3 is 3.10 bits per heavy atom. The van der Waals surface area contributed by atoms with Crippen LogP contribution in [0, 0.1) is 0 Å². The maximum atomic E-state index is 11.5. The van der Waals surface area contributed by atoms with Crippen molar-refractivity contribution in [3.63, 3.8) is 0 Å². The molecule has 3 rings (SSSR count). The summed E-state index contributed by atoms with van der Waals surface area (Å²) >= 11 is 0. The van der Waals surface area contributed by atoms with Gasteiger partial charge < -0.3 is 10.1 Å². The number of fused-ring (bicyclic) bond motifs is 3. The van der Waals surface area contributed by atoms with Gasteiger partial charge in [0.25, 0.3) is 0 Å². The fourth-order valence-electron chi connectivity index (χ4n) is 2.35. The van der Waals surface area contributed by atoms with E-state index in [9.17, 15) is 4.79 Å². The quantitative estimate of drug-likeness (QED) is 0.858. The summed E-state index contributed by atoms with van der Waals surface area (Å²) in [6.45, 7) is 2.85. The second kappa shape index (κ2) is 5.32. The van der Waals surface area contributed by atoms with Gasteiger partial charge in [0.05, 0.1) is 30.9 Å². The molecule has 1 N–H and O–H groups in total. The number of benzene rings is 1. The molecule has 1 aromatic carbocycles. The summed E-state index contributed by atoms with van der Waals surface area (Å²) in [5.74, 6) is 1.46. The van der Waals surface area contributed by atoms with Crippen molar-refractivity contribution >= 4 is 11.7 Å². The normalized spacial score (nSPS) is 12.2. The molecule has 0 atom stereocenters. The number of carbonyl (C=O) groups excluding carboxylic acids is 1. The topological polar surface area (TPSA) is 69.0 Å². The number of para-hydroxylation sites is 2. The number of aryl methyl sites for hydroxylation is 1. The smallest absolute Gasteiger partial charge is 0.306 e. The molecule has 6 nitrogen and oxygen atoms in total. The van der Waals surface area contributed by atoms with Crippen molar-refractivity contribution in [1.82, 2.24) is 14.8 Å². The molecular weight excluding hydrogens is 256 g/mol. The van der Waals surface area contributed by atoms with Crippen LogP contribution >= 0.6 is 0 Å². The van der Waals surface area contributed by atoms with Crippen LogP contribution in [-0.4, -0.2) is 27.3 Å². The highest BCUT2D eigenvalue weighted by molar-refractivity contribution is 5.69. The summed E-state index contributed by atoms with van der Waals surface area (Å²) in [5.41, 5.74) is 2.08. The third-order valence-electron chi connectivity index (χ3n) is 3.24. The van der Waals surface area contributed by atoms with Gasteiger partial charge in [-0.3, -0.25) is 9.36 Å². The van der Waals surface area contributed by atoms with Gasteiger partial charge in [0.2, 0.25) is 0 Å². The minimum Gasteiger partial charge on any atom is -0.466 e. The first kappa shape index (κ1) is 12.7. The first-order valence-corrected chi connectivity index (χ1v) is 6.71. The number of carbonyl (C=O) groups is 1. The Labute approximate surface area is 116 Å². The molecule has 1 aromatic heterocycles. The first-order chi connectivity index (χ1) is 9.79. The molecule has 0 amide bonds. The van der Waals surface area contributed by atoms with Gasteiger partial charge >= 0.3 is 5.97 Å². The van der Waals surface area contributed by atoms with Gasteiger partial charge in [-0.25, -0.2) is 0 Å². The molecule has 2 heterocycles. The number of hydrogen-bond acceptors (Lipinski definition) is 5. The zero-order chi connectivity index (χ0) is 13.9. The Morgan fingerprint density at radius 1 is 1.40 bits per heavy atom. The lowest BCUT2D eigenvalue weighted by Gasteiger charge is -2.20. The van der Waals surface area contributed by atoms with E-state index in [1.165, 1.54) is 0 Å². The van der Waals surface area contributed by atoms with Crippen molar-refractivity contribution in [2.45, 2.75) is 26.3 Å². The summed E-state index contributed by atoms with van der Waals surface area (Å²) in [6, 6.07) is 8.00. The van der Waals surface area contributed by atoms with Gasteiger partial charge in [0, 0.05) is 6.42 Å². The van der Waals surface area contributed by atoms with E-state index in [1.54, 1.807) is 6.92 Å². The molecule has 0 unspecified atom stereocenters. The molecule has 0 bridgehead atoms. The lowest BCUT2D eigenvalue weighted by Crippen LogP contribution is -2.17. The lowest BCUT2D eigenvalue weighted by molar-refractivity contribution is -0.143. The molecule has 0 fully saturated rings. The standard InChI is InChI=1S/C14H16N4O2/c1-2-20-14(19)8-7-12-16-17-13-9-15-10-5-3-4-6-11(10)18(12)13/h3-6,15H,2,7-9H2,1H3. The average Bonchev–Trinajstić information content (AvgIpc) is 2.89. The van der Waals surface area contributed by atoms with Crippen LogP contribution in [0.4, 0.5) is 5.69 Å². The summed E-state index contributed by atoms with van der Waals surface area (Å²) in [7, 11) is 0. The Morgan fingerprint density at radius 2 is 2.25 bits per heavy atom. The van der Waals surface area contributed by atoms with Gasteiger partial charge in [0.1, 0.15) is 5.82 Å². The molecule has 0 saturated carbocycles. The number of aromatic nitrogens is 3. The molecule has 1 aliphatic heterocycles. The highest BCUT2D eigenvalue weighted by Crippen LogP contribution is 2.27. The van der Waals surface area contributed by atoms with Crippen LogP contribution in [0.3, 0.4) is 0 Å². The van der Waals surface area contributed by atoms with E-state index in [2.05, 4.69) is 15.5 Å². The zero-order valence-corrected chi connectivity index (χ0v) is 11.3. The first-order valence-electron chi connectivity index (χ1n) is 6.71. The molecule has 2 aromatic rings. The van der Waals surface area contributed by atoms with Crippen LogP contribution in [-0.2, 0) is 22.5 Å². The number of nitrogens with zero attached hydrogens (tertiary/aromatic N) is 3. The van der Waals surface area contributed by atoms with E-state index >= 15 is 0 Å². The average molecular weight is 272 g/mol. The van der Waals surface area contributed by atoms with Gasteiger partial charge in [-0.1, -0.05) is 12.1 Å². The molecular formula is C14H16N4O2. The number of ether oxygens (including phenoxy) is 1. The van der Waals surface area contributed by atoms with E-state index in [4.69, 9.17) is 4.74 Å². The van der Waals surface area contributed by atoms with Crippen molar-refractivity contribution in [1.29, 1.82) is 0 Å². The minimum atomic E-state index is -0.202. The van der Waals surface area contributed by atoms with Crippen LogP contribution in [0.2, 0.25) is 0 Å². The van der Waals surface area contributed by atoms with E-state index in [1.807, 2.05) is 28.8 Å². The van der Waals surface area contributed by atoms with Gasteiger partial charge in [-0.2, -0.15) is 0 Å². The number of esters is 1. The van der Waals surface area contributed by atoms with Crippen LogP contribution in [0.5, 0.6) is 0 Å². The molecule has 6 heteroatoms. The Hall–Kier alpha value is -2.37. The van der Waals surface area contributed by atoms with E-state index in [0.717, 1.165) is 23.0 Å². The van der Waals surface area contributed by atoms with Crippen molar-refractivity contribution in [3.8, 4) is 5.69 Å². The van der Waals surface area contributed by atoms with Crippen molar-refractivity contribution in [3.05, 3.63) is 35.9 Å². The van der Waals surface area contributed by atoms with Crippen molar-refractivity contribution < 1.29 is 9.53 Å². The maximum Gasteiger partial charge on any atom is 0.306 e. The Balaban J connectivity index is 1.86. The number of hydrogen-bond donors (Lipinski definition) is 1. The second-order valence-electron chi connectivity index (χ2n) is 4.54. The Kier molecular flexibility index (Phi) is 3.37. The monoisotopic (exact) mass is 272 g/mol. The van der Waals surface area contributed by atoms with Crippen LogP contribution in [0.1, 0.15) is 25.0 Å². The number of anilines is 1. The van der Waals surface area contributed by atoms with Crippen LogP contribution in [0.25, 0.3) is 5.69 Å². The molecule has 0 radical (unpaired) electrons. The summed E-state index contributed by atoms with van der Waals surface area (Å²) in [4.78, 5) is 11.5. The SMILES string of the molecule is CCOC(=O)CCc1nnc2n1-c1ccccc1NC2. The highest BCUT2D eigenvalue weighted by Gasteiger charge is 2.20. The summed E-state index contributed by atoms with van der Waals surface area (Å²) < 4.78 is 6.96. The van der Waals surface area contributed by atoms with Crippen LogP contribution < -0.4 is 5.32 Å². The molecule has 1 aliphatic rings. The minimum absolute atomic E-state index is 0.202. The van der Waals surface area contributed by atoms with E-state index in [-0.39, 0.29) is 5.97 Å². The fraction of sp³-hybridized carbons (Fsp3) is 0.357. The van der Waals surface area contributed by atoms with Gasteiger partial charge in [-0.05, 0) is 19.1 Å².